The second-order valence-electron chi connectivity index (χ2n) is 2.51. The van der Waals surface area contributed by atoms with Gasteiger partial charge in [-0.05, 0) is 18.0 Å². The third kappa shape index (κ3) is 2.19. The first kappa shape index (κ1) is 10.5. The van der Waals surface area contributed by atoms with Crippen LogP contribution in [-0.4, -0.2) is 17.5 Å². The van der Waals surface area contributed by atoms with Crippen molar-refractivity contribution in [2.75, 3.05) is 7.11 Å². The number of aryl methyl sites for hydroxylation is 1. The molecule has 0 unspecified atom stereocenters. The van der Waals surface area contributed by atoms with Crippen molar-refractivity contribution >= 4 is 29.1 Å². The fourth-order valence-corrected chi connectivity index (χ4v) is 2.13. The Labute approximate surface area is 85.8 Å². The van der Waals surface area contributed by atoms with E-state index in [0.717, 1.165) is 17.7 Å². The van der Waals surface area contributed by atoms with Crippen molar-refractivity contribution < 1.29 is 9.53 Å². The monoisotopic (exact) mass is 219 g/mol. The third-order valence-electron chi connectivity index (χ3n) is 1.56. The molecule has 1 rings (SSSR count). The van der Waals surface area contributed by atoms with E-state index >= 15 is 0 Å². The van der Waals surface area contributed by atoms with Crippen LogP contribution in [0.15, 0.2) is 0 Å². The summed E-state index contributed by atoms with van der Waals surface area (Å²) in [6.07, 6.45) is 1.84. The molecule has 0 saturated heterocycles. The summed E-state index contributed by atoms with van der Waals surface area (Å²) in [4.78, 5) is 12.0. The average molecular weight is 220 g/mol. The van der Waals surface area contributed by atoms with Crippen molar-refractivity contribution in [3.63, 3.8) is 0 Å². The molecule has 5 heteroatoms. The van der Waals surface area contributed by atoms with Gasteiger partial charge >= 0.3 is 5.97 Å². The van der Waals surface area contributed by atoms with Crippen molar-refractivity contribution in [3.8, 4) is 0 Å². The summed E-state index contributed by atoms with van der Waals surface area (Å²) < 4.78 is 8.47. The first-order valence-electron chi connectivity index (χ1n) is 3.93. The number of carbonyl (C=O) groups is 1. The van der Waals surface area contributed by atoms with Gasteiger partial charge in [0.25, 0.3) is 0 Å². The van der Waals surface area contributed by atoms with Gasteiger partial charge in [0.2, 0.25) is 0 Å². The quantitative estimate of drug-likeness (QED) is 0.734. The predicted octanol–water partition coefficient (Wildman–Crippen LogP) is 2.54. The molecule has 72 valence electrons. The highest BCUT2D eigenvalue weighted by Gasteiger charge is 2.17. The largest absolute Gasteiger partial charge is 0.464 e. The number of aromatic nitrogens is 1. The summed E-state index contributed by atoms with van der Waals surface area (Å²) in [5, 5.41) is 0.443. The van der Waals surface area contributed by atoms with E-state index in [1.54, 1.807) is 0 Å². The van der Waals surface area contributed by atoms with Crippen LogP contribution >= 0.6 is 23.1 Å². The molecule has 0 aliphatic heterocycles. The van der Waals surface area contributed by atoms with Crippen LogP contribution in [0.3, 0.4) is 0 Å². The van der Waals surface area contributed by atoms with Gasteiger partial charge < -0.3 is 4.74 Å². The van der Waals surface area contributed by atoms with Gasteiger partial charge in [-0.2, -0.15) is 4.37 Å². The van der Waals surface area contributed by atoms with E-state index in [-0.39, 0.29) is 5.69 Å². The van der Waals surface area contributed by atoms with Gasteiger partial charge in [0.1, 0.15) is 0 Å². The molecule has 0 amide bonds. The smallest absolute Gasteiger partial charge is 0.359 e. The summed E-state index contributed by atoms with van der Waals surface area (Å²) in [7, 11) is 1.32. The summed E-state index contributed by atoms with van der Waals surface area (Å²) in [5.74, 6) is -0.469. The fourth-order valence-electron chi connectivity index (χ4n) is 0.919. The lowest BCUT2D eigenvalue weighted by Crippen LogP contribution is -2.01. The average Bonchev–Trinajstić information content (AvgIpc) is 2.48. The minimum absolute atomic E-state index is 0.234. The minimum Gasteiger partial charge on any atom is -0.464 e. The number of hydrogen-bond donors (Lipinski definition) is 0. The molecule has 0 spiro atoms. The Kier molecular flexibility index (Phi) is 3.69. The summed E-state index contributed by atoms with van der Waals surface area (Å²) in [6.45, 7) is 2.05. The predicted molar refractivity (Wildman–Crippen MR) is 52.5 cm³/mol. The van der Waals surface area contributed by atoms with Crippen molar-refractivity contribution in [3.05, 3.63) is 15.6 Å². The van der Waals surface area contributed by atoms with Gasteiger partial charge in [-0.25, -0.2) is 4.79 Å². The maximum absolute atomic E-state index is 11.1. The zero-order chi connectivity index (χ0) is 9.84. The zero-order valence-electron chi connectivity index (χ0n) is 7.46. The van der Waals surface area contributed by atoms with Crippen molar-refractivity contribution in [1.82, 2.24) is 4.37 Å². The number of carbonyl (C=O) groups excluding carboxylic acids is 1. The van der Waals surface area contributed by atoms with Crippen molar-refractivity contribution in [2.24, 2.45) is 0 Å². The van der Waals surface area contributed by atoms with Crippen molar-refractivity contribution in [2.45, 2.75) is 19.8 Å². The highest BCUT2D eigenvalue weighted by atomic mass is 35.5. The molecule has 0 fully saturated rings. The van der Waals surface area contributed by atoms with Gasteiger partial charge in [0.15, 0.2) is 5.69 Å². The number of halogens is 1. The highest BCUT2D eigenvalue weighted by molar-refractivity contribution is 7.06. The molecule has 0 radical (unpaired) electrons. The molecule has 0 atom stereocenters. The van der Waals surface area contributed by atoms with E-state index in [9.17, 15) is 4.79 Å². The van der Waals surface area contributed by atoms with E-state index in [1.807, 2.05) is 6.92 Å². The Morgan fingerprint density at radius 2 is 2.38 bits per heavy atom. The summed E-state index contributed by atoms with van der Waals surface area (Å²) in [6, 6.07) is 0. The van der Waals surface area contributed by atoms with Gasteiger partial charge in [-0.3, -0.25) is 0 Å². The maximum atomic E-state index is 11.1. The first-order valence-corrected chi connectivity index (χ1v) is 5.08. The van der Waals surface area contributed by atoms with Crippen LogP contribution in [0, 0.1) is 0 Å². The molecule has 13 heavy (non-hydrogen) atoms. The number of ether oxygens (including phenoxy) is 1. The van der Waals surface area contributed by atoms with Crippen LogP contribution in [0.4, 0.5) is 0 Å². The van der Waals surface area contributed by atoms with Gasteiger partial charge in [0, 0.05) is 4.88 Å². The second-order valence-corrected chi connectivity index (χ2v) is 3.75. The molecule has 1 aromatic heterocycles. The molecule has 0 N–H and O–H groups in total. The normalized spacial score (nSPS) is 10.1. The lowest BCUT2D eigenvalue weighted by Gasteiger charge is -1.95. The molecule has 0 aromatic carbocycles. The van der Waals surface area contributed by atoms with Crippen LogP contribution in [0.1, 0.15) is 28.7 Å². The Morgan fingerprint density at radius 1 is 1.69 bits per heavy atom. The molecule has 0 aliphatic carbocycles. The van der Waals surface area contributed by atoms with Crippen LogP contribution in [0.2, 0.25) is 5.02 Å². The van der Waals surface area contributed by atoms with Crippen LogP contribution in [0.25, 0.3) is 0 Å². The lowest BCUT2D eigenvalue weighted by molar-refractivity contribution is 0.0595. The topological polar surface area (TPSA) is 39.2 Å². The number of methoxy groups -OCH3 is 1. The van der Waals surface area contributed by atoms with Crippen molar-refractivity contribution in [1.29, 1.82) is 0 Å². The molecule has 0 aliphatic rings. The van der Waals surface area contributed by atoms with E-state index in [0.29, 0.717) is 5.02 Å². The Bertz CT molecular complexity index is 311. The van der Waals surface area contributed by atoms with Crippen LogP contribution in [-0.2, 0) is 11.2 Å². The standard InChI is InChI=1S/C8H10ClNO2S/c1-3-4-5-6(9)7(10-13-5)8(11)12-2/h3-4H2,1-2H3. The number of hydrogen-bond acceptors (Lipinski definition) is 4. The Hall–Kier alpha value is -0.610. The number of rotatable bonds is 3. The number of nitrogens with zero attached hydrogens (tertiary/aromatic N) is 1. The van der Waals surface area contributed by atoms with Gasteiger partial charge in [-0.1, -0.05) is 24.9 Å². The molecular formula is C8H10ClNO2S. The molecule has 1 heterocycles. The fraction of sp³-hybridized carbons (Fsp3) is 0.500. The van der Waals surface area contributed by atoms with Crippen LogP contribution in [0.5, 0.6) is 0 Å². The van der Waals surface area contributed by atoms with Gasteiger partial charge in [-0.15, -0.1) is 0 Å². The van der Waals surface area contributed by atoms with E-state index < -0.39 is 5.97 Å². The summed E-state index contributed by atoms with van der Waals surface area (Å²) >= 11 is 7.19. The second kappa shape index (κ2) is 4.58. The van der Waals surface area contributed by atoms with Gasteiger partial charge in [0.05, 0.1) is 12.1 Å². The first-order chi connectivity index (χ1) is 6.20. The molecule has 0 bridgehead atoms. The Morgan fingerprint density at radius 3 is 2.92 bits per heavy atom. The van der Waals surface area contributed by atoms with Crippen LogP contribution < -0.4 is 0 Å². The third-order valence-corrected chi connectivity index (χ3v) is 2.98. The minimum atomic E-state index is -0.469. The molecular weight excluding hydrogens is 210 g/mol. The zero-order valence-corrected chi connectivity index (χ0v) is 9.04. The molecule has 1 aromatic rings. The number of esters is 1. The SMILES string of the molecule is CCCc1snc(C(=O)OC)c1Cl. The van der Waals surface area contributed by atoms with E-state index in [2.05, 4.69) is 9.11 Å². The highest BCUT2D eigenvalue weighted by Crippen LogP contribution is 2.26. The lowest BCUT2D eigenvalue weighted by atomic mass is 10.2. The molecule has 0 saturated carbocycles. The van der Waals surface area contributed by atoms with E-state index in [1.165, 1.54) is 18.6 Å². The Balaban J connectivity index is 2.92. The molecule has 3 nitrogen and oxygen atoms in total. The van der Waals surface area contributed by atoms with E-state index in [4.69, 9.17) is 11.6 Å². The summed E-state index contributed by atoms with van der Waals surface area (Å²) in [5.41, 5.74) is 0.234. The maximum Gasteiger partial charge on any atom is 0.359 e.